The van der Waals surface area contributed by atoms with Crippen LogP contribution >= 0.6 is 0 Å². The molecule has 3 N–H and O–H groups in total. The molecule has 0 fully saturated rings. The van der Waals surface area contributed by atoms with Crippen molar-refractivity contribution in [1.29, 1.82) is 0 Å². The minimum Gasteiger partial charge on any atom is -0.327 e. The molecule has 0 aliphatic rings. The molecule has 0 aliphatic carbocycles. The highest BCUT2D eigenvalue weighted by Crippen LogP contribution is 2.00. The van der Waals surface area contributed by atoms with E-state index in [0.717, 1.165) is 19.5 Å². The fraction of sp³-hybridized carbons (Fsp3) is 1.00. The van der Waals surface area contributed by atoms with E-state index < -0.39 is 0 Å². The van der Waals surface area contributed by atoms with Gasteiger partial charge < -0.3 is 11.1 Å². The highest BCUT2D eigenvalue weighted by molar-refractivity contribution is 4.65. The molecule has 2 nitrogen and oxygen atoms in total. The molecule has 0 radical (unpaired) electrons. The summed E-state index contributed by atoms with van der Waals surface area (Å²) in [7, 11) is 0. The molecule has 0 spiro atoms. The van der Waals surface area contributed by atoms with Crippen molar-refractivity contribution in [1.82, 2.24) is 5.32 Å². The van der Waals surface area contributed by atoms with Gasteiger partial charge in [0.1, 0.15) is 0 Å². The van der Waals surface area contributed by atoms with Crippen LogP contribution < -0.4 is 11.1 Å². The van der Waals surface area contributed by atoms with Crippen LogP contribution in [0.5, 0.6) is 0 Å². The summed E-state index contributed by atoms with van der Waals surface area (Å²) in [6.07, 6.45) is 1.09. The Balaban J connectivity index is 3.13. The standard InChI is InChI=1S/C8H20N2/c1-4-10-6-5-8(9)7(2)3/h7-8,10H,4-6,9H2,1-3H3. The molecular formula is C8H20N2. The summed E-state index contributed by atoms with van der Waals surface area (Å²) in [4.78, 5) is 0. The first-order valence-electron chi connectivity index (χ1n) is 4.14. The zero-order chi connectivity index (χ0) is 7.98. The fourth-order valence-electron chi connectivity index (χ4n) is 0.779. The van der Waals surface area contributed by atoms with Gasteiger partial charge in [-0.15, -0.1) is 0 Å². The molecule has 0 amide bonds. The van der Waals surface area contributed by atoms with Gasteiger partial charge in [-0.1, -0.05) is 20.8 Å². The maximum atomic E-state index is 5.82. The molecule has 0 aromatic carbocycles. The molecule has 0 aliphatic heterocycles. The third-order valence-corrected chi connectivity index (χ3v) is 1.76. The van der Waals surface area contributed by atoms with Gasteiger partial charge in [-0.25, -0.2) is 0 Å². The minimum absolute atomic E-state index is 0.360. The average Bonchev–Trinajstić information content (AvgIpc) is 1.88. The first-order valence-corrected chi connectivity index (χ1v) is 4.14. The van der Waals surface area contributed by atoms with E-state index in [1.165, 1.54) is 0 Å². The lowest BCUT2D eigenvalue weighted by Crippen LogP contribution is -2.30. The zero-order valence-electron chi connectivity index (χ0n) is 7.35. The van der Waals surface area contributed by atoms with Crippen molar-refractivity contribution in [2.45, 2.75) is 33.2 Å². The van der Waals surface area contributed by atoms with Crippen LogP contribution in [0.3, 0.4) is 0 Å². The third kappa shape index (κ3) is 4.77. The van der Waals surface area contributed by atoms with Gasteiger partial charge >= 0.3 is 0 Å². The lowest BCUT2D eigenvalue weighted by atomic mass is 10.0. The number of nitrogens with one attached hydrogen (secondary N) is 1. The summed E-state index contributed by atoms with van der Waals surface area (Å²) in [5.74, 6) is 0.610. The van der Waals surface area contributed by atoms with Crippen LogP contribution in [0.15, 0.2) is 0 Å². The molecule has 1 atom stereocenters. The summed E-state index contributed by atoms with van der Waals surface area (Å²) >= 11 is 0. The quantitative estimate of drug-likeness (QED) is 0.564. The van der Waals surface area contributed by atoms with Gasteiger partial charge in [0, 0.05) is 6.04 Å². The first-order chi connectivity index (χ1) is 4.68. The molecule has 0 heterocycles. The number of hydrogen-bond donors (Lipinski definition) is 2. The van der Waals surface area contributed by atoms with Crippen molar-refractivity contribution in [2.75, 3.05) is 13.1 Å². The van der Waals surface area contributed by atoms with E-state index in [0.29, 0.717) is 12.0 Å². The Morgan fingerprint density at radius 2 is 2.00 bits per heavy atom. The maximum Gasteiger partial charge on any atom is 0.00739 e. The summed E-state index contributed by atoms with van der Waals surface area (Å²) in [6, 6.07) is 0.360. The van der Waals surface area contributed by atoms with Crippen LogP contribution in [0.1, 0.15) is 27.2 Å². The average molecular weight is 144 g/mol. The molecule has 0 saturated heterocycles. The SMILES string of the molecule is CCNCCC(N)C(C)C. The molecule has 2 heteroatoms. The van der Waals surface area contributed by atoms with Crippen molar-refractivity contribution in [3.63, 3.8) is 0 Å². The molecule has 62 valence electrons. The highest BCUT2D eigenvalue weighted by Gasteiger charge is 2.05. The van der Waals surface area contributed by atoms with Gasteiger partial charge in [0.25, 0.3) is 0 Å². The van der Waals surface area contributed by atoms with E-state index in [2.05, 4.69) is 26.1 Å². The second kappa shape index (κ2) is 5.69. The summed E-state index contributed by atoms with van der Waals surface area (Å²) in [5.41, 5.74) is 5.82. The van der Waals surface area contributed by atoms with E-state index in [1.807, 2.05) is 0 Å². The second-order valence-corrected chi connectivity index (χ2v) is 3.05. The van der Waals surface area contributed by atoms with E-state index in [-0.39, 0.29) is 0 Å². The van der Waals surface area contributed by atoms with Gasteiger partial charge in [-0.05, 0) is 25.4 Å². The largest absolute Gasteiger partial charge is 0.327 e. The molecule has 0 aromatic rings. The second-order valence-electron chi connectivity index (χ2n) is 3.05. The Kier molecular flexibility index (Phi) is 5.64. The zero-order valence-corrected chi connectivity index (χ0v) is 7.35. The first kappa shape index (κ1) is 9.92. The van der Waals surface area contributed by atoms with E-state index in [4.69, 9.17) is 5.73 Å². The normalized spacial score (nSPS) is 14.1. The van der Waals surface area contributed by atoms with Crippen molar-refractivity contribution in [2.24, 2.45) is 11.7 Å². The van der Waals surface area contributed by atoms with Crippen molar-refractivity contribution >= 4 is 0 Å². The molecular weight excluding hydrogens is 124 g/mol. The van der Waals surface area contributed by atoms with Crippen LogP contribution in [0.4, 0.5) is 0 Å². The highest BCUT2D eigenvalue weighted by atomic mass is 14.8. The fourth-order valence-corrected chi connectivity index (χ4v) is 0.779. The van der Waals surface area contributed by atoms with Crippen LogP contribution in [0.2, 0.25) is 0 Å². The Bertz CT molecular complexity index is 71.7. The summed E-state index contributed by atoms with van der Waals surface area (Å²) in [6.45, 7) is 8.54. The molecule has 1 unspecified atom stereocenters. The van der Waals surface area contributed by atoms with Crippen LogP contribution in [-0.4, -0.2) is 19.1 Å². The van der Waals surface area contributed by atoms with Gasteiger partial charge in [-0.2, -0.15) is 0 Å². The molecule has 10 heavy (non-hydrogen) atoms. The van der Waals surface area contributed by atoms with Crippen molar-refractivity contribution in [3.8, 4) is 0 Å². The predicted octanol–water partition coefficient (Wildman–Crippen LogP) is 0.969. The Hall–Kier alpha value is -0.0800. The van der Waals surface area contributed by atoms with E-state index in [9.17, 15) is 0 Å². The summed E-state index contributed by atoms with van der Waals surface area (Å²) in [5, 5.41) is 3.25. The maximum absolute atomic E-state index is 5.82. The van der Waals surface area contributed by atoms with Crippen LogP contribution in [0.25, 0.3) is 0 Å². The van der Waals surface area contributed by atoms with Gasteiger partial charge in [0.2, 0.25) is 0 Å². The molecule has 0 bridgehead atoms. The Morgan fingerprint density at radius 1 is 1.40 bits per heavy atom. The lowest BCUT2D eigenvalue weighted by molar-refractivity contribution is 0.452. The van der Waals surface area contributed by atoms with Crippen LogP contribution in [0, 0.1) is 5.92 Å². The van der Waals surface area contributed by atoms with E-state index >= 15 is 0 Å². The third-order valence-electron chi connectivity index (χ3n) is 1.76. The van der Waals surface area contributed by atoms with Gasteiger partial charge in [0.15, 0.2) is 0 Å². The molecule has 0 aromatic heterocycles. The topological polar surface area (TPSA) is 38.0 Å². The molecule has 0 saturated carbocycles. The van der Waals surface area contributed by atoms with Crippen molar-refractivity contribution in [3.05, 3.63) is 0 Å². The van der Waals surface area contributed by atoms with E-state index in [1.54, 1.807) is 0 Å². The number of rotatable bonds is 5. The van der Waals surface area contributed by atoms with Crippen LogP contribution in [-0.2, 0) is 0 Å². The van der Waals surface area contributed by atoms with Gasteiger partial charge in [-0.3, -0.25) is 0 Å². The minimum atomic E-state index is 0.360. The lowest BCUT2D eigenvalue weighted by Gasteiger charge is -2.14. The smallest absolute Gasteiger partial charge is 0.00739 e. The van der Waals surface area contributed by atoms with Crippen molar-refractivity contribution < 1.29 is 0 Å². The number of hydrogen-bond acceptors (Lipinski definition) is 2. The monoisotopic (exact) mass is 144 g/mol. The number of nitrogens with two attached hydrogens (primary N) is 1. The predicted molar refractivity (Wildman–Crippen MR) is 46.0 cm³/mol. The summed E-state index contributed by atoms with van der Waals surface area (Å²) < 4.78 is 0. The molecule has 0 rings (SSSR count). The van der Waals surface area contributed by atoms with Gasteiger partial charge in [0.05, 0.1) is 0 Å². The Morgan fingerprint density at radius 3 is 2.40 bits per heavy atom. The Labute approximate surface area is 64.2 Å².